The molecule has 0 aromatic carbocycles. The molecule has 0 heterocycles. The van der Waals surface area contributed by atoms with Crippen molar-refractivity contribution in [1.29, 1.82) is 0 Å². The maximum Gasteiger partial charge on any atom is -0.0319 e. The second-order valence-corrected chi connectivity index (χ2v) is 3.65. The molecule has 0 nitrogen and oxygen atoms in total. The zero-order chi connectivity index (χ0) is 10.1. The predicted molar refractivity (Wildman–Crippen MR) is 61.7 cm³/mol. The summed E-state index contributed by atoms with van der Waals surface area (Å²) in [6.45, 7) is 10.5. The first-order valence-corrected chi connectivity index (χ1v) is 5.16. The van der Waals surface area contributed by atoms with Crippen LogP contribution in [0.5, 0.6) is 0 Å². The Morgan fingerprint density at radius 1 is 1.08 bits per heavy atom. The van der Waals surface area contributed by atoms with Crippen LogP contribution in [-0.4, -0.2) is 0 Å². The van der Waals surface area contributed by atoms with E-state index in [1.165, 1.54) is 12.8 Å². The molecule has 0 aromatic heterocycles. The Kier molecular flexibility index (Phi) is 7.38. The molecule has 0 aliphatic rings. The second-order valence-electron chi connectivity index (χ2n) is 3.65. The average Bonchev–Trinajstić information content (AvgIpc) is 2.16. The fraction of sp³-hybridized carbons (Fsp3) is 0.538. The van der Waals surface area contributed by atoms with E-state index in [0.29, 0.717) is 0 Å². The third-order valence-electron chi connectivity index (χ3n) is 2.62. The molecule has 0 aliphatic heterocycles. The van der Waals surface area contributed by atoms with Crippen LogP contribution >= 0.6 is 0 Å². The van der Waals surface area contributed by atoms with Gasteiger partial charge in [0, 0.05) is 0 Å². The van der Waals surface area contributed by atoms with Crippen molar-refractivity contribution in [3.63, 3.8) is 0 Å². The summed E-state index contributed by atoms with van der Waals surface area (Å²) in [6, 6.07) is 0. The van der Waals surface area contributed by atoms with Crippen molar-refractivity contribution in [2.75, 3.05) is 0 Å². The highest BCUT2D eigenvalue weighted by molar-refractivity contribution is 5.08. The van der Waals surface area contributed by atoms with Crippen LogP contribution in [0, 0.1) is 11.8 Å². The molecule has 2 unspecified atom stereocenters. The van der Waals surface area contributed by atoms with E-state index >= 15 is 0 Å². The van der Waals surface area contributed by atoms with Crippen LogP contribution in [0.4, 0.5) is 0 Å². The molecule has 0 saturated carbocycles. The van der Waals surface area contributed by atoms with Gasteiger partial charge in [0.25, 0.3) is 0 Å². The first kappa shape index (κ1) is 12.2. The Morgan fingerprint density at radius 3 is 2.31 bits per heavy atom. The van der Waals surface area contributed by atoms with Crippen LogP contribution in [0.2, 0.25) is 0 Å². The van der Waals surface area contributed by atoms with Crippen molar-refractivity contribution >= 4 is 0 Å². The third-order valence-corrected chi connectivity index (χ3v) is 2.62. The quantitative estimate of drug-likeness (QED) is 0.530. The fourth-order valence-electron chi connectivity index (χ4n) is 1.15. The summed E-state index contributed by atoms with van der Waals surface area (Å²) >= 11 is 0. The number of hydrogen-bond donors (Lipinski definition) is 0. The number of hydrogen-bond acceptors (Lipinski definition) is 0. The van der Waals surface area contributed by atoms with Gasteiger partial charge in [-0.2, -0.15) is 0 Å². The van der Waals surface area contributed by atoms with E-state index in [4.69, 9.17) is 0 Å². The van der Waals surface area contributed by atoms with Crippen LogP contribution < -0.4 is 0 Å². The molecule has 0 fully saturated rings. The molecule has 0 aromatic rings. The van der Waals surface area contributed by atoms with Crippen molar-refractivity contribution < 1.29 is 0 Å². The lowest BCUT2D eigenvalue weighted by atomic mass is 9.91. The van der Waals surface area contributed by atoms with E-state index in [-0.39, 0.29) is 0 Å². The van der Waals surface area contributed by atoms with Gasteiger partial charge in [0.15, 0.2) is 0 Å². The van der Waals surface area contributed by atoms with Gasteiger partial charge in [-0.15, -0.1) is 0 Å². The summed E-state index contributed by atoms with van der Waals surface area (Å²) in [5.41, 5.74) is 0. The van der Waals surface area contributed by atoms with E-state index in [9.17, 15) is 0 Å². The van der Waals surface area contributed by atoms with Crippen molar-refractivity contribution in [3.05, 3.63) is 37.0 Å². The van der Waals surface area contributed by atoms with E-state index < -0.39 is 0 Å². The molecular weight excluding hydrogens is 156 g/mol. The third kappa shape index (κ3) is 6.39. The largest absolute Gasteiger partial charge is 0.0991 e. The highest BCUT2D eigenvalue weighted by Gasteiger charge is 2.06. The van der Waals surface area contributed by atoms with Crippen LogP contribution in [0.3, 0.4) is 0 Å². The number of rotatable bonds is 6. The first-order chi connectivity index (χ1) is 6.22. The molecule has 0 heteroatoms. The summed E-state index contributed by atoms with van der Waals surface area (Å²) < 4.78 is 0. The number of allylic oxidation sites excluding steroid dienone is 5. The maximum atomic E-state index is 3.61. The van der Waals surface area contributed by atoms with Crippen LogP contribution in [0.15, 0.2) is 37.0 Å². The van der Waals surface area contributed by atoms with E-state index in [1.807, 2.05) is 12.2 Å². The van der Waals surface area contributed by atoms with Crippen molar-refractivity contribution in [1.82, 2.24) is 0 Å². The highest BCUT2D eigenvalue weighted by atomic mass is 14.1. The zero-order valence-electron chi connectivity index (χ0n) is 9.16. The van der Waals surface area contributed by atoms with Crippen LogP contribution in [0.25, 0.3) is 0 Å². The molecular formula is C13H22. The predicted octanol–water partition coefficient (Wildman–Crippen LogP) is 4.36. The van der Waals surface area contributed by atoms with E-state index in [0.717, 1.165) is 11.8 Å². The van der Waals surface area contributed by atoms with Crippen LogP contribution in [-0.2, 0) is 0 Å². The highest BCUT2D eigenvalue weighted by Crippen LogP contribution is 2.18. The van der Waals surface area contributed by atoms with Gasteiger partial charge in [0.05, 0.1) is 0 Å². The Balaban J connectivity index is 3.68. The monoisotopic (exact) mass is 178 g/mol. The van der Waals surface area contributed by atoms with Crippen molar-refractivity contribution in [2.45, 2.75) is 33.6 Å². The molecule has 0 rings (SSSR count). The van der Waals surface area contributed by atoms with Gasteiger partial charge in [-0.05, 0) is 18.3 Å². The maximum absolute atomic E-state index is 3.61. The van der Waals surface area contributed by atoms with Gasteiger partial charge in [0.2, 0.25) is 0 Å². The second kappa shape index (κ2) is 7.85. The summed E-state index contributed by atoms with van der Waals surface area (Å²) in [7, 11) is 0. The molecule has 0 radical (unpaired) electrons. The van der Waals surface area contributed by atoms with Crippen molar-refractivity contribution in [3.8, 4) is 0 Å². The normalized spacial score (nSPS) is 16.5. The Labute approximate surface area is 83.0 Å². The lowest BCUT2D eigenvalue weighted by Gasteiger charge is -2.15. The standard InChI is InChI=1S/C13H22/c1-5-7-8-9-10-11-13(4)12(3)6-2/h5,7-10,12-13H,1,6,11H2,2-4H3/b8-7-,10-9-. The Morgan fingerprint density at radius 2 is 1.77 bits per heavy atom. The zero-order valence-corrected chi connectivity index (χ0v) is 9.16. The minimum Gasteiger partial charge on any atom is -0.0991 e. The molecule has 13 heavy (non-hydrogen) atoms. The SMILES string of the molecule is C=C/C=C\C=C/CC(C)C(C)CC. The first-order valence-electron chi connectivity index (χ1n) is 5.16. The van der Waals surface area contributed by atoms with Crippen molar-refractivity contribution in [2.24, 2.45) is 11.8 Å². The summed E-state index contributed by atoms with van der Waals surface area (Å²) in [5, 5.41) is 0. The van der Waals surface area contributed by atoms with Gasteiger partial charge in [0.1, 0.15) is 0 Å². The average molecular weight is 178 g/mol. The van der Waals surface area contributed by atoms with Gasteiger partial charge in [-0.1, -0.05) is 64.2 Å². The fourth-order valence-corrected chi connectivity index (χ4v) is 1.15. The lowest BCUT2D eigenvalue weighted by molar-refractivity contribution is 0.380. The summed E-state index contributed by atoms with van der Waals surface area (Å²) in [4.78, 5) is 0. The van der Waals surface area contributed by atoms with Gasteiger partial charge >= 0.3 is 0 Å². The minimum absolute atomic E-state index is 0.790. The molecule has 74 valence electrons. The minimum atomic E-state index is 0.790. The molecule has 0 bridgehead atoms. The molecule has 0 N–H and O–H groups in total. The van der Waals surface area contributed by atoms with Gasteiger partial charge < -0.3 is 0 Å². The summed E-state index contributed by atoms with van der Waals surface area (Å²) in [5.74, 6) is 1.62. The molecule has 0 aliphatic carbocycles. The topological polar surface area (TPSA) is 0 Å². The molecule has 0 spiro atoms. The van der Waals surface area contributed by atoms with Gasteiger partial charge in [-0.3, -0.25) is 0 Å². The van der Waals surface area contributed by atoms with E-state index in [1.54, 1.807) is 6.08 Å². The summed E-state index contributed by atoms with van der Waals surface area (Å²) in [6.07, 6.45) is 12.6. The smallest absolute Gasteiger partial charge is 0.0319 e. The van der Waals surface area contributed by atoms with Gasteiger partial charge in [-0.25, -0.2) is 0 Å². The Bertz CT molecular complexity index is 174. The van der Waals surface area contributed by atoms with Crippen LogP contribution in [0.1, 0.15) is 33.6 Å². The molecule has 0 saturated heterocycles. The lowest BCUT2D eigenvalue weighted by Crippen LogP contribution is -2.04. The Hall–Kier alpha value is -0.780. The molecule has 2 atom stereocenters. The van der Waals surface area contributed by atoms with E-state index in [2.05, 4.69) is 39.5 Å². The molecule has 0 amide bonds.